The van der Waals surface area contributed by atoms with Gasteiger partial charge in [-0.15, -0.1) is 11.3 Å². The average Bonchev–Trinajstić information content (AvgIpc) is 3.15. The Morgan fingerprint density at radius 3 is 2.86 bits per heavy atom. The van der Waals surface area contributed by atoms with Crippen LogP contribution in [0.4, 0.5) is 8.78 Å². The highest BCUT2D eigenvalue weighted by atomic mass is 32.1. The average molecular weight is 408 g/mol. The first-order valence-corrected chi connectivity index (χ1v) is 9.60. The summed E-state index contributed by atoms with van der Waals surface area (Å²) >= 11 is 1.46. The van der Waals surface area contributed by atoms with E-state index in [0.717, 1.165) is 10.6 Å². The predicted octanol–water partition coefficient (Wildman–Crippen LogP) is 3.97. The third-order valence-corrected chi connectivity index (χ3v) is 5.77. The summed E-state index contributed by atoms with van der Waals surface area (Å²) in [5, 5.41) is 12.3. The summed E-state index contributed by atoms with van der Waals surface area (Å²) in [5.74, 6) is -0.938. The lowest BCUT2D eigenvalue weighted by molar-refractivity contribution is 0.0880. The number of rotatable bonds is 7. The van der Waals surface area contributed by atoms with Crippen molar-refractivity contribution in [3.05, 3.63) is 45.6 Å². The number of hydrogen-bond acceptors (Lipinski definition) is 6. The first-order chi connectivity index (χ1) is 13.4. The Balaban J connectivity index is 1.66. The van der Waals surface area contributed by atoms with Crippen LogP contribution in [0.25, 0.3) is 11.0 Å². The summed E-state index contributed by atoms with van der Waals surface area (Å²) in [7, 11) is 0. The summed E-state index contributed by atoms with van der Waals surface area (Å²) in [4.78, 5) is 17.8. The maximum Gasteiger partial charge on any atom is 0.296 e. The van der Waals surface area contributed by atoms with Crippen molar-refractivity contribution in [3.8, 4) is 5.75 Å². The van der Waals surface area contributed by atoms with Crippen LogP contribution in [0.15, 0.2) is 28.1 Å². The number of aliphatic hydroxyl groups is 1. The fourth-order valence-corrected chi connectivity index (χ4v) is 3.65. The van der Waals surface area contributed by atoms with Crippen LogP contribution in [-0.2, 0) is 6.61 Å². The zero-order valence-electron chi connectivity index (χ0n) is 15.0. The molecule has 0 spiro atoms. The van der Waals surface area contributed by atoms with Gasteiger partial charge < -0.3 is 19.6 Å². The van der Waals surface area contributed by atoms with Crippen LogP contribution >= 0.6 is 11.3 Å². The number of alkyl halides is 2. The molecule has 0 radical (unpaired) electrons. The molecular formula is C19H18F2N2O4S. The number of thiazole rings is 1. The van der Waals surface area contributed by atoms with Crippen molar-refractivity contribution < 1.29 is 27.8 Å². The fourth-order valence-electron chi connectivity index (χ4n) is 2.96. The molecule has 0 unspecified atom stereocenters. The second-order valence-electron chi connectivity index (χ2n) is 6.84. The number of carbonyl (C=O) groups is 1. The van der Waals surface area contributed by atoms with Gasteiger partial charge in [0, 0.05) is 5.39 Å². The van der Waals surface area contributed by atoms with Gasteiger partial charge in [-0.3, -0.25) is 4.79 Å². The number of ether oxygens (including phenoxy) is 1. The van der Waals surface area contributed by atoms with Gasteiger partial charge in [0.25, 0.3) is 12.3 Å². The van der Waals surface area contributed by atoms with Crippen LogP contribution in [-0.4, -0.2) is 28.1 Å². The quantitative estimate of drug-likeness (QED) is 0.618. The number of nitrogens with zero attached hydrogens (tertiary/aromatic N) is 1. The minimum Gasteiger partial charge on any atom is -0.488 e. The Morgan fingerprint density at radius 2 is 2.25 bits per heavy atom. The Bertz CT molecular complexity index is 1030. The second kappa shape index (κ2) is 7.14. The van der Waals surface area contributed by atoms with Crippen molar-refractivity contribution in [2.75, 3.05) is 6.61 Å². The van der Waals surface area contributed by atoms with Crippen LogP contribution in [0.1, 0.15) is 46.0 Å². The molecule has 1 aliphatic carbocycles. The molecule has 1 aromatic carbocycles. The number of furan rings is 1. The molecule has 6 nitrogen and oxygen atoms in total. The van der Waals surface area contributed by atoms with Gasteiger partial charge >= 0.3 is 0 Å². The highest BCUT2D eigenvalue weighted by Gasteiger charge is 2.44. The third-order valence-electron chi connectivity index (χ3n) is 4.86. The van der Waals surface area contributed by atoms with E-state index in [0.29, 0.717) is 18.6 Å². The van der Waals surface area contributed by atoms with Gasteiger partial charge in [-0.2, -0.15) is 0 Å². The third kappa shape index (κ3) is 3.47. The minimum absolute atomic E-state index is 0.176. The second-order valence-corrected chi connectivity index (χ2v) is 7.78. The molecule has 1 amide bonds. The molecule has 2 aromatic heterocycles. The first kappa shape index (κ1) is 18.8. The number of amides is 1. The number of benzene rings is 1. The lowest BCUT2D eigenvalue weighted by Gasteiger charge is -2.14. The summed E-state index contributed by atoms with van der Waals surface area (Å²) in [6.45, 7) is 1.93. The molecule has 1 aliphatic rings. The van der Waals surface area contributed by atoms with E-state index in [-0.39, 0.29) is 29.7 Å². The number of hydrogen-bond donors (Lipinski definition) is 2. The summed E-state index contributed by atoms with van der Waals surface area (Å²) in [6, 6.07) is 4.63. The van der Waals surface area contributed by atoms with E-state index < -0.39 is 23.6 Å². The van der Waals surface area contributed by atoms with Crippen LogP contribution in [0.2, 0.25) is 0 Å². The summed E-state index contributed by atoms with van der Waals surface area (Å²) in [6.07, 6.45) is -1.73. The topological polar surface area (TPSA) is 84.6 Å². The Morgan fingerprint density at radius 1 is 1.46 bits per heavy atom. The number of carbonyl (C=O) groups excluding carboxylic acids is 1. The Kier molecular flexibility index (Phi) is 4.80. The lowest BCUT2D eigenvalue weighted by Crippen LogP contribution is -2.39. The standard InChI is InChI=1S/C19H18F2N2O4S/c1-10-14(28-9-22-10)7-26-11-2-3-13-12(6-11)15(16(27-13)17(20)21)18(25)23-19(8-24)4-5-19/h2-3,6,9,17,24H,4-5,7-8H2,1H3,(H,23,25). The molecule has 0 saturated heterocycles. The van der Waals surface area contributed by atoms with E-state index >= 15 is 0 Å². The van der Waals surface area contributed by atoms with Crippen molar-refractivity contribution in [1.29, 1.82) is 0 Å². The molecule has 0 aliphatic heterocycles. The number of nitrogens with one attached hydrogen (secondary N) is 1. The Labute approximate surface area is 163 Å². The van der Waals surface area contributed by atoms with Crippen LogP contribution in [0.5, 0.6) is 5.75 Å². The van der Waals surface area contributed by atoms with Crippen molar-refractivity contribution in [2.24, 2.45) is 0 Å². The molecule has 148 valence electrons. The molecule has 0 atom stereocenters. The number of aryl methyl sites for hydroxylation is 1. The van der Waals surface area contributed by atoms with Crippen LogP contribution in [0.3, 0.4) is 0 Å². The highest BCUT2D eigenvalue weighted by Crippen LogP contribution is 2.38. The van der Waals surface area contributed by atoms with E-state index in [1.54, 1.807) is 11.6 Å². The number of aliphatic hydroxyl groups excluding tert-OH is 1. The zero-order chi connectivity index (χ0) is 19.9. The smallest absolute Gasteiger partial charge is 0.296 e. The molecule has 28 heavy (non-hydrogen) atoms. The van der Waals surface area contributed by atoms with Crippen molar-refractivity contribution in [3.63, 3.8) is 0 Å². The molecule has 9 heteroatoms. The Hall–Kier alpha value is -2.52. The fraction of sp³-hybridized carbons (Fsp3) is 0.368. The lowest BCUT2D eigenvalue weighted by atomic mass is 10.1. The molecule has 4 rings (SSSR count). The molecular weight excluding hydrogens is 390 g/mol. The largest absolute Gasteiger partial charge is 0.488 e. The van der Waals surface area contributed by atoms with E-state index in [9.17, 15) is 18.7 Å². The normalized spacial score (nSPS) is 15.2. The molecule has 2 heterocycles. The predicted molar refractivity (Wildman–Crippen MR) is 98.9 cm³/mol. The van der Waals surface area contributed by atoms with E-state index in [4.69, 9.17) is 9.15 Å². The van der Waals surface area contributed by atoms with Gasteiger partial charge in [0.05, 0.1) is 33.8 Å². The monoisotopic (exact) mass is 408 g/mol. The first-order valence-electron chi connectivity index (χ1n) is 8.72. The molecule has 0 bridgehead atoms. The number of aromatic nitrogens is 1. The number of halogens is 2. The van der Waals surface area contributed by atoms with E-state index in [1.165, 1.54) is 23.5 Å². The van der Waals surface area contributed by atoms with Gasteiger partial charge in [0.2, 0.25) is 0 Å². The van der Waals surface area contributed by atoms with Crippen molar-refractivity contribution in [2.45, 2.75) is 38.3 Å². The van der Waals surface area contributed by atoms with Gasteiger partial charge in [0.15, 0.2) is 5.76 Å². The van der Waals surface area contributed by atoms with Crippen LogP contribution < -0.4 is 10.1 Å². The SMILES string of the molecule is Cc1ncsc1COc1ccc2oc(C(F)F)c(C(=O)NC3(CO)CC3)c2c1. The summed E-state index contributed by atoms with van der Waals surface area (Å²) in [5.41, 5.74) is 1.82. The van der Waals surface area contributed by atoms with Gasteiger partial charge in [-0.1, -0.05) is 0 Å². The molecule has 3 aromatic rings. The number of fused-ring (bicyclic) bond motifs is 1. The van der Waals surface area contributed by atoms with Gasteiger partial charge in [-0.05, 0) is 38.0 Å². The van der Waals surface area contributed by atoms with E-state index in [2.05, 4.69) is 10.3 Å². The van der Waals surface area contributed by atoms with Gasteiger partial charge in [0.1, 0.15) is 17.9 Å². The van der Waals surface area contributed by atoms with Gasteiger partial charge in [-0.25, -0.2) is 13.8 Å². The maximum absolute atomic E-state index is 13.5. The molecule has 1 saturated carbocycles. The van der Waals surface area contributed by atoms with E-state index in [1.807, 2.05) is 6.92 Å². The maximum atomic E-state index is 13.5. The molecule has 2 N–H and O–H groups in total. The minimum atomic E-state index is -2.94. The van der Waals surface area contributed by atoms with Crippen molar-refractivity contribution >= 4 is 28.2 Å². The molecule has 1 fully saturated rings. The van der Waals surface area contributed by atoms with Crippen LogP contribution in [0, 0.1) is 6.92 Å². The van der Waals surface area contributed by atoms with Crippen molar-refractivity contribution in [1.82, 2.24) is 10.3 Å². The summed E-state index contributed by atoms with van der Waals surface area (Å²) < 4.78 is 37.9. The highest BCUT2D eigenvalue weighted by molar-refractivity contribution is 7.09. The zero-order valence-corrected chi connectivity index (χ0v) is 15.8.